The molecule has 0 aliphatic rings. The SMILES string of the molecule is CSCCC(NC(=O)c1ccccc1Br)C(=O)N(C)Cc1ccc(F)cc1F. The second-order valence-electron chi connectivity index (χ2n) is 6.22. The van der Waals surface area contributed by atoms with Crippen LogP contribution in [-0.2, 0) is 11.3 Å². The zero-order valence-corrected chi connectivity index (χ0v) is 17.9. The van der Waals surface area contributed by atoms with E-state index in [2.05, 4.69) is 21.2 Å². The molecule has 28 heavy (non-hydrogen) atoms. The van der Waals surface area contributed by atoms with Crippen LogP contribution in [0.15, 0.2) is 46.9 Å². The van der Waals surface area contributed by atoms with Gasteiger partial charge in [0.05, 0.1) is 5.56 Å². The number of nitrogens with zero attached hydrogens (tertiary/aromatic N) is 1. The predicted molar refractivity (Wildman–Crippen MR) is 111 cm³/mol. The van der Waals surface area contributed by atoms with Crippen LogP contribution in [0.3, 0.4) is 0 Å². The molecular weight excluding hydrogens is 450 g/mol. The molecule has 2 amide bonds. The lowest BCUT2D eigenvalue weighted by Gasteiger charge is -2.25. The molecule has 4 nitrogen and oxygen atoms in total. The van der Waals surface area contributed by atoms with Gasteiger partial charge in [0, 0.05) is 29.7 Å². The predicted octanol–water partition coefficient (Wildman–Crippen LogP) is 4.24. The fraction of sp³-hybridized carbons (Fsp3) is 0.300. The Hall–Kier alpha value is -1.93. The maximum absolute atomic E-state index is 13.9. The number of carbonyl (C=O) groups is 2. The van der Waals surface area contributed by atoms with Gasteiger partial charge in [-0.3, -0.25) is 9.59 Å². The number of rotatable bonds is 8. The summed E-state index contributed by atoms with van der Waals surface area (Å²) in [6.07, 6.45) is 2.35. The first kappa shape index (κ1) is 22.4. The first-order valence-corrected chi connectivity index (χ1v) is 10.8. The van der Waals surface area contributed by atoms with Crippen LogP contribution in [0, 0.1) is 11.6 Å². The number of benzene rings is 2. The van der Waals surface area contributed by atoms with Gasteiger partial charge in [-0.1, -0.05) is 18.2 Å². The van der Waals surface area contributed by atoms with Crippen molar-refractivity contribution in [3.63, 3.8) is 0 Å². The van der Waals surface area contributed by atoms with Crippen LogP contribution >= 0.6 is 27.7 Å². The van der Waals surface area contributed by atoms with Gasteiger partial charge in [-0.05, 0) is 52.6 Å². The Balaban J connectivity index is 2.13. The van der Waals surface area contributed by atoms with E-state index in [4.69, 9.17) is 0 Å². The summed E-state index contributed by atoms with van der Waals surface area (Å²) >= 11 is 4.89. The molecule has 0 saturated carbocycles. The van der Waals surface area contributed by atoms with E-state index in [1.807, 2.05) is 6.26 Å². The van der Waals surface area contributed by atoms with Crippen molar-refractivity contribution in [2.24, 2.45) is 0 Å². The van der Waals surface area contributed by atoms with Gasteiger partial charge in [-0.2, -0.15) is 11.8 Å². The lowest BCUT2D eigenvalue weighted by Crippen LogP contribution is -2.47. The molecule has 1 atom stereocenters. The first-order valence-electron chi connectivity index (χ1n) is 8.56. The second-order valence-corrected chi connectivity index (χ2v) is 8.06. The minimum Gasteiger partial charge on any atom is -0.340 e. The maximum atomic E-state index is 13.9. The summed E-state index contributed by atoms with van der Waals surface area (Å²) in [7, 11) is 1.53. The second kappa shape index (κ2) is 10.6. The molecule has 0 spiro atoms. The van der Waals surface area contributed by atoms with E-state index in [1.165, 1.54) is 18.0 Å². The third-order valence-corrected chi connectivity index (χ3v) is 5.47. The first-order chi connectivity index (χ1) is 13.3. The summed E-state index contributed by atoms with van der Waals surface area (Å²) in [4.78, 5) is 26.8. The number of halogens is 3. The van der Waals surface area contributed by atoms with Gasteiger partial charge in [0.1, 0.15) is 17.7 Å². The molecule has 2 aromatic rings. The minimum atomic E-state index is -0.749. The minimum absolute atomic E-state index is 0.0222. The van der Waals surface area contributed by atoms with Crippen molar-refractivity contribution in [2.45, 2.75) is 19.0 Å². The Labute approximate surface area is 175 Å². The van der Waals surface area contributed by atoms with Crippen LogP contribution in [0.25, 0.3) is 0 Å². The van der Waals surface area contributed by atoms with Gasteiger partial charge in [0.2, 0.25) is 5.91 Å². The van der Waals surface area contributed by atoms with Gasteiger partial charge in [-0.25, -0.2) is 8.78 Å². The Morgan fingerprint density at radius 3 is 2.57 bits per heavy atom. The van der Waals surface area contributed by atoms with E-state index >= 15 is 0 Å². The zero-order chi connectivity index (χ0) is 20.7. The highest BCUT2D eigenvalue weighted by Gasteiger charge is 2.25. The van der Waals surface area contributed by atoms with Crippen molar-refractivity contribution in [3.8, 4) is 0 Å². The molecule has 2 rings (SSSR count). The van der Waals surface area contributed by atoms with Gasteiger partial charge in [0.15, 0.2) is 0 Å². The van der Waals surface area contributed by atoms with Crippen molar-refractivity contribution in [3.05, 3.63) is 69.7 Å². The van der Waals surface area contributed by atoms with Crippen molar-refractivity contribution in [1.82, 2.24) is 10.2 Å². The molecular formula is C20H21BrF2N2O2S. The Kier molecular flexibility index (Phi) is 8.44. The Bertz CT molecular complexity index is 851. The number of likely N-dealkylation sites (N-methyl/N-ethyl adjacent to an activating group) is 1. The summed E-state index contributed by atoms with van der Waals surface area (Å²) in [6, 6.07) is 9.43. The molecule has 1 unspecified atom stereocenters. The maximum Gasteiger partial charge on any atom is 0.253 e. The van der Waals surface area contributed by atoms with Crippen LogP contribution < -0.4 is 5.32 Å². The topological polar surface area (TPSA) is 49.4 Å². The molecule has 0 bridgehead atoms. The summed E-state index contributed by atoms with van der Waals surface area (Å²) < 4.78 is 27.6. The van der Waals surface area contributed by atoms with Crippen LogP contribution in [-0.4, -0.2) is 41.8 Å². The fourth-order valence-electron chi connectivity index (χ4n) is 2.62. The Morgan fingerprint density at radius 1 is 1.21 bits per heavy atom. The molecule has 1 N–H and O–H groups in total. The van der Waals surface area contributed by atoms with E-state index < -0.39 is 17.7 Å². The highest BCUT2D eigenvalue weighted by Crippen LogP contribution is 2.17. The normalized spacial score (nSPS) is 11.8. The van der Waals surface area contributed by atoms with Crippen LogP contribution in [0.4, 0.5) is 8.78 Å². The highest BCUT2D eigenvalue weighted by molar-refractivity contribution is 9.10. The molecule has 0 radical (unpaired) electrons. The number of carbonyl (C=O) groups excluding carboxylic acids is 2. The number of nitrogens with one attached hydrogen (secondary N) is 1. The third-order valence-electron chi connectivity index (χ3n) is 4.13. The van der Waals surface area contributed by atoms with E-state index in [-0.39, 0.29) is 23.9 Å². The monoisotopic (exact) mass is 470 g/mol. The number of thioether (sulfide) groups is 1. The van der Waals surface area contributed by atoms with Gasteiger partial charge >= 0.3 is 0 Å². The fourth-order valence-corrected chi connectivity index (χ4v) is 3.56. The highest BCUT2D eigenvalue weighted by atomic mass is 79.9. The Morgan fingerprint density at radius 2 is 1.93 bits per heavy atom. The summed E-state index contributed by atoms with van der Waals surface area (Å²) in [6.45, 7) is -0.0222. The smallest absolute Gasteiger partial charge is 0.253 e. The molecule has 0 saturated heterocycles. The van der Waals surface area contributed by atoms with E-state index in [0.29, 0.717) is 22.2 Å². The molecule has 0 aromatic heterocycles. The standard InChI is InChI=1S/C20H21BrF2N2O2S/c1-25(12-13-7-8-14(22)11-17(13)23)20(27)18(9-10-28-2)24-19(26)15-5-3-4-6-16(15)21/h3-8,11,18H,9-10,12H2,1-2H3,(H,24,26). The van der Waals surface area contributed by atoms with Crippen LogP contribution in [0.2, 0.25) is 0 Å². The molecule has 0 fully saturated rings. The molecule has 2 aromatic carbocycles. The average Bonchev–Trinajstić information content (AvgIpc) is 2.66. The largest absolute Gasteiger partial charge is 0.340 e. The number of hydrogen-bond acceptors (Lipinski definition) is 3. The third kappa shape index (κ3) is 6.04. The lowest BCUT2D eigenvalue weighted by atomic mass is 10.1. The summed E-state index contributed by atoms with van der Waals surface area (Å²) in [5.41, 5.74) is 0.634. The van der Waals surface area contributed by atoms with Crippen LogP contribution in [0.1, 0.15) is 22.3 Å². The molecule has 0 aliphatic carbocycles. The zero-order valence-electron chi connectivity index (χ0n) is 15.5. The van der Waals surface area contributed by atoms with Crippen molar-refractivity contribution < 1.29 is 18.4 Å². The van der Waals surface area contributed by atoms with Gasteiger partial charge in [-0.15, -0.1) is 0 Å². The molecule has 0 heterocycles. The lowest BCUT2D eigenvalue weighted by molar-refractivity contribution is -0.132. The van der Waals surface area contributed by atoms with Gasteiger partial charge < -0.3 is 10.2 Å². The molecule has 8 heteroatoms. The average molecular weight is 471 g/mol. The molecule has 150 valence electrons. The van der Waals surface area contributed by atoms with Crippen molar-refractivity contribution >= 4 is 39.5 Å². The van der Waals surface area contributed by atoms with E-state index in [0.717, 1.165) is 12.1 Å². The summed E-state index contributed by atoms with van der Waals surface area (Å²) in [5, 5.41) is 2.77. The quantitative estimate of drug-likeness (QED) is 0.627. The molecule has 0 aliphatic heterocycles. The van der Waals surface area contributed by atoms with Crippen molar-refractivity contribution in [2.75, 3.05) is 19.1 Å². The van der Waals surface area contributed by atoms with Crippen molar-refractivity contribution in [1.29, 1.82) is 0 Å². The summed E-state index contributed by atoms with van der Waals surface area (Å²) in [5.74, 6) is -1.41. The number of hydrogen-bond donors (Lipinski definition) is 1. The van der Waals surface area contributed by atoms with Gasteiger partial charge in [0.25, 0.3) is 5.91 Å². The van der Waals surface area contributed by atoms with Crippen LogP contribution in [0.5, 0.6) is 0 Å². The number of amides is 2. The van der Waals surface area contributed by atoms with E-state index in [9.17, 15) is 18.4 Å². The van der Waals surface area contributed by atoms with E-state index in [1.54, 1.807) is 36.0 Å².